The van der Waals surface area contributed by atoms with Crippen LogP contribution in [0, 0.1) is 0 Å². The fourth-order valence-electron chi connectivity index (χ4n) is 2.26. The molecule has 0 atom stereocenters. The summed E-state index contributed by atoms with van der Waals surface area (Å²) in [6, 6.07) is 5.38. The predicted octanol–water partition coefficient (Wildman–Crippen LogP) is 3.67. The number of hydrogen-bond acceptors (Lipinski definition) is 3. The van der Waals surface area contributed by atoms with Crippen molar-refractivity contribution in [1.82, 2.24) is 9.47 Å². The minimum atomic E-state index is -0.815. The van der Waals surface area contributed by atoms with Crippen LogP contribution in [-0.2, 0) is 18.3 Å². The van der Waals surface area contributed by atoms with Crippen LogP contribution >= 0.6 is 0 Å². The summed E-state index contributed by atoms with van der Waals surface area (Å²) in [6.07, 6.45) is 2.08. The van der Waals surface area contributed by atoms with Gasteiger partial charge in [-0.15, -0.1) is 0 Å². The van der Waals surface area contributed by atoms with E-state index in [0.29, 0.717) is 18.7 Å². The molecule has 132 valence electrons. The van der Waals surface area contributed by atoms with Crippen molar-refractivity contribution in [3.05, 3.63) is 30.0 Å². The third-order valence-corrected chi connectivity index (χ3v) is 3.64. The minimum absolute atomic E-state index is 0.0944. The summed E-state index contributed by atoms with van der Waals surface area (Å²) in [4.78, 5) is 24.0. The number of carbonyl (C=O) groups excluding carboxylic acids is 1. The summed E-state index contributed by atoms with van der Waals surface area (Å²) in [5.74, 6) is -0.339. The van der Waals surface area contributed by atoms with Gasteiger partial charge in [-0.2, -0.15) is 0 Å². The van der Waals surface area contributed by atoms with E-state index in [1.54, 1.807) is 19.2 Å². The number of carboxylic acid groups (broad SMARTS) is 1. The van der Waals surface area contributed by atoms with E-state index >= 15 is 0 Å². The number of aromatic nitrogens is 1. The van der Waals surface area contributed by atoms with Crippen LogP contribution in [0.3, 0.4) is 0 Å². The van der Waals surface area contributed by atoms with E-state index in [1.165, 1.54) is 4.90 Å². The first-order valence-electron chi connectivity index (χ1n) is 8.15. The molecule has 0 radical (unpaired) electrons. The van der Waals surface area contributed by atoms with Crippen molar-refractivity contribution in [2.75, 3.05) is 13.6 Å². The zero-order valence-corrected chi connectivity index (χ0v) is 15.0. The number of rotatable bonds is 5. The molecule has 1 heterocycles. The number of carbonyl (C=O) groups is 2. The minimum Gasteiger partial charge on any atom is -0.481 e. The van der Waals surface area contributed by atoms with Crippen molar-refractivity contribution in [3.63, 3.8) is 0 Å². The summed E-state index contributed by atoms with van der Waals surface area (Å²) in [7, 11) is 3.56. The van der Waals surface area contributed by atoms with Crippen molar-refractivity contribution in [2.45, 2.75) is 33.6 Å². The highest BCUT2D eigenvalue weighted by atomic mass is 16.6. The molecule has 1 amide bonds. The molecule has 1 aromatic carbocycles. The number of carboxylic acids is 1. The molecule has 0 spiro atoms. The van der Waals surface area contributed by atoms with Gasteiger partial charge in [0.2, 0.25) is 0 Å². The molecule has 0 bridgehead atoms. The first-order valence-corrected chi connectivity index (χ1v) is 8.15. The molecule has 0 saturated carbocycles. The van der Waals surface area contributed by atoms with Crippen molar-refractivity contribution >= 4 is 23.0 Å². The first kappa shape index (κ1) is 19.5. The van der Waals surface area contributed by atoms with Crippen LogP contribution in [-0.4, -0.2) is 40.2 Å². The second-order valence-corrected chi connectivity index (χ2v) is 5.22. The normalized spacial score (nSPS) is 10.0. The number of ether oxygens (including phenoxy) is 1. The maximum Gasteiger partial charge on any atom is 0.414 e. The van der Waals surface area contributed by atoms with Gasteiger partial charge in [-0.1, -0.05) is 13.8 Å². The van der Waals surface area contributed by atoms with Crippen molar-refractivity contribution in [2.24, 2.45) is 7.05 Å². The number of benzene rings is 1. The average Bonchev–Trinajstić information content (AvgIpc) is 2.89. The quantitative estimate of drug-likeness (QED) is 0.905. The molecule has 1 N–H and O–H groups in total. The van der Waals surface area contributed by atoms with Gasteiger partial charge < -0.3 is 19.3 Å². The Balaban J connectivity index is 0.00000139. The number of nitrogens with zero attached hydrogens (tertiary/aromatic N) is 2. The van der Waals surface area contributed by atoms with E-state index in [4.69, 9.17) is 9.84 Å². The molecule has 0 fully saturated rings. The van der Waals surface area contributed by atoms with Crippen LogP contribution in [0.5, 0.6) is 5.75 Å². The van der Waals surface area contributed by atoms with Crippen LogP contribution in [0.4, 0.5) is 4.79 Å². The van der Waals surface area contributed by atoms with Crippen LogP contribution in [0.25, 0.3) is 10.9 Å². The lowest BCUT2D eigenvalue weighted by Crippen LogP contribution is -2.29. The highest BCUT2D eigenvalue weighted by molar-refractivity contribution is 5.86. The second kappa shape index (κ2) is 8.96. The first-order chi connectivity index (χ1) is 11.4. The van der Waals surface area contributed by atoms with Crippen LogP contribution in [0.2, 0.25) is 0 Å². The Kier molecular flexibility index (Phi) is 7.30. The summed E-state index contributed by atoms with van der Waals surface area (Å²) in [6.45, 7) is 6.45. The fraction of sp³-hybridized carbons (Fsp3) is 0.444. The maximum absolute atomic E-state index is 11.8. The van der Waals surface area contributed by atoms with Gasteiger partial charge in [-0.25, -0.2) is 4.79 Å². The van der Waals surface area contributed by atoms with Crippen molar-refractivity contribution < 1.29 is 19.4 Å². The smallest absolute Gasteiger partial charge is 0.414 e. The van der Waals surface area contributed by atoms with Crippen LogP contribution < -0.4 is 4.74 Å². The Bertz CT molecular complexity index is 706. The van der Waals surface area contributed by atoms with E-state index in [9.17, 15) is 9.59 Å². The number of hydrogen-bond donors (Lipinski definition) is 1. The summed E-state index contributed by atoms with van der Waals surface area (Å²) < 4.78 is 7.23. The van der Waals surface area contributed by atoms with E-state index in [2.05, 4.69) is 0 Å². The summed E-state index contributed by atoms with van der Waals surface area (Å²) in [5, 5.41) is 9.78. The zero-order chi connectivity index (χ0) is 18.3. The highest BCUT2D eigenvalue weighted by Crippen LogP contribution is 2.26. The molecule has 6 nitrogen and oxygen atoms in total. The summed E-state index contributed by atoms with van der Waals surface area (Å²) >= 11 is 0. The van der Waals surface area contributed by atoms with E-state index in [1.807, 2.05) is 44.6 Å². The Hall–Kier alpha value is -2.50. The molecular formula is C18H26N2O4. The zero-order valence-electron chi connectivity index (χ0n) is 15.0. The molecule has 0 aliphatic rings. The largest absolute Gasteiger partial charge is 0.481 e. The molecule has 0 aliphatic carbocycles. The van der Waals surface area contributed by atoms with E-state index < -0.39 is 12.1 Å². The lowest BCUT2D eigenvalue weighted by atomic mass is 10.1. The Labute approximate surface area is 142 Å². The Morgan fingerprint density at radius 1 is 1.29 bits per heavy atom. The van der Waals surface area contributed by atoms with Crippen molar-refractivity contribution in [3.8, 4) is 5.75 Å². The SMILES string of the molecule is CC.CCN(C)C(=O)Oc1ccc2c(CCC(=O)O)cn(C)c2c1. The molecule has 1 aromatic heterocycles. The number of amides is 1. The monoisotopic (exact) mass is 334 g/mol. The van der Waals surface area contributed by atoms with Gasteiger partial charge in [-0.05, 0) is 31.0 Å². The molecule has 2 rings (SSSR count). The molecule has 0 saturated heterocycles. The number of aryl methyl sites for hydroxylation is 2. The second-order valence-electron chi connectivity index (χ2n) is 5.22. The van der Waals surface area contributed by atoms with Gasteiger partial charge in [0.05, 0.1) is 5.52 Å². The van der Waals surface area contributed by atoms with Gasteiger partial charge in [-0.3, -0.25) is 4.79 Å². The molecule has 2 aromatic rings. The maximum atomic E-state index is 11.8. The van der Waals surface area contributed by atoms with Crippen LogP contribution in [0.1, 0.15) is 32.8 Å². The van der Waals surface area contributed by atoms with Gasteiger partial charge >= 0.3 is 12.1 Å². The molecular weight excluding hydrogens is 308 g/mol. The molecule has 0 aliphatic heterocycles. The van der Waals surface area contributed by atoms with E-state index in [0.717, 1.165) is 16.5 Å². The molecule has 6 heteroatoms. The fourth-order valence-corrected chi connectivity index (χ4v) is 2.26. The van der Waals surface area contributed by atoms with Gasteiger partial charge in [0, 0.05) is 44.7 Å². The predicted molar refractivity (Wildman–Crippen MR) is 94.6 cm³/mol. The van der Waals surface area contributed by atoms with Crippen molar-refractivity contribution in [1.29, 1.82) is 0 Å². The standard InChI is InChI=1S/C16H20N2O4.C2H6/c1-4-17(2)16(21)22-12-6-7-13-11(5-8-15(19)20)10-18(3)14(13)9-12;1-2/h6-7,9-10H,4-5,8H2,1-3H3,(H,19,20);1-2H3. The third-order valence-electron chi connectivity index (χ3n) is 3.64. The lowest BCUT2D eigenvalue weighted by molar-refractivity contribution is -0.136. The van der Waals surface area contributed by atoms with Gasteiger partial charge in [0.25, 0.3) is 0 Å². The van der Waals surface area contributed by atoms with E-state index in [-0.39, 0.29) is 6.42 Å². The topological polar surface area (TPSA) is 71.8 Å². The molecule has 24 heavy (non-hydrogen) atoms. The Morgan fingerprint density at radius 2 is 1.96 bits per heavy atom. The highest BCUT2D eigenvalue weighted by Gasteiger charge is 2.12. The average molecular weight is 334 g/mol. The summed E-state index contributed by atoms with van der Waals surface area (Å²) in [5.41, 5.74) is 1.88. The lowest BCUT2D eigenvalue weighted by Gasteiger charge is -2.14. The third kappa shape index (κ3) is 4.75. The Morgan fingerprint density at radius 3 is 2.54 bits per heavy atom. The van der Waals surface area contributed by atoms with Gasteiger partial charge in [0.1, 0.15) is 5.75 Å². The number of aliphatic carboxylic acids is 1. The van der Waals surface area contributed by atoms with Gasteiger partial charge in [0.15, 0.2) is 0 Å². The van der Waals surface area contributed by atoms with Crippen LogP contribution in [0.15, 0.2) is 24.4 Å². The molecule has 0 unspecified atom stereocenters. The number of fused-ring (bicyclic) bond motifs is 1.